The second-order valence-electron chi connectivity index (χ2n) is 5.44. The van der Waals surface area contributed by atoms with Crippen LogP contribution in [-0.4, -0.2) is 16.4 Å². The number of allylic oxidation sites excluding steroid dienone is 2. The SMILES string of the molecule is CC(C)(C)OC(=[OH+])C1CC2C=CC1C2. The number of rotatable bonds is 1. The van der Waals surface area contributed by atoms with E-state index >= 15 is 0 Å². The number of hydrogen-bond acceptors (Lipinski definition) is 1. The van der Waals surface area contributed by atoms with Gasteiger partial charge in [-0.3, -0.25) is 0 Å². The van der Waals surface area contributed by atoms with Gasteiger partial charge >= 0.3 is 5.97 Å². The van der Waals surface area contributed by atoms with Crippen molar-refractivity contribution in [1.29, 1.82) is 0 Å². The van der Waals surface area contributed by atoms with Gasteiger partial charge in [0.1, 0.15) is 5.92 Å². The largest absolute Gasteiger partial charge is 0.486 e. The molecular formula is C12H19O2+. The van der Waals surface area contributed by atoms with E-state index in [1.54, 1.807) is 0 Å². The lowest BCUT2D eigenvalue weighted by molar-refractivity contribution is 0.0866. The maximum Gasteiger partial charge on any atom is 0.486 e. The predicted octanol–water partition coefficient (Wildman–Crippen LogP) is 2.52. The van der Waals surface area contributed by atoms with Gasteiger partial charge in [-0.15, -0.1) is 0 Å². The lowest BCUT2D eigenvalue weighted by Crippen LogP contribution is -2.30. The highest BCUT2D eigenvalue weighted by Crippen LogP contribution is 2.44. The Morgan fingerprint density at radius 3 is 2.43 bits per heavy atom. The standard InChI is InChI=1S/C12H18O2/c1-12(2,3)14-11(13)10-7-8-4-5-9(10)6-8/h4-5,8-10H,6-7H2,1-3H3/p+1. The molecule has 1 saturated carbocycles. The van der Waals surface area contributed by atoms with Crippen molar-refractivity contribution < 1.29 is 9.53 Å². The van der Waals surface area contributed by atoms with Crippen LogP contribution in [0.1, 0.15) is 33.6 Å². The molecule has 0 aromatic carbocycles. The molecule has 2 nitrogen and oxygen atoms in total. The van der Waals surface area contributed by atoms with Crippen LogP contribution in [-0.2, 0) is 4.74 Å². The molecule has 78 valence electrons. The fourth-order valence-corrected chi connectivity index (χ4v) is 2.45. The fraction of sp³-hybridized carbons (Fsp3) is 0.750. The van der Waals surface area contributed by atoms with Crippen LogP contribution in [0.4, 0.5) is 0 Å². The Morgan fingerprint density at radius 1 is 1.29 bits per heavy atom. The summed E-state index contributed by atoms with van der Waals surface area (Å²) < 4.78 is 5.51. The van der Waals surface area contributed by atoms with Crippen molar-refractivity contribution in [1.82, 2.24) is 0 Å². The minimum absolute atomic E-state index is 0.240. The highest BCUT2D eigenvalue weighted by Gasteiger charge is 2.46. The van der Waals surface area contributed by atoms with E-state index in [-0.39, 0.29) is 17.5 Å². The third-order valence-corrected chi connectivity index (χ3v) is 3.01. The molecule has 0 aromatic heterocycles. The zero-order valence-electron chi connectivity index (χ0n) is 9.16. The van der Waals surface area contributed by atoms with E-state index in [0.717, 1.165) is 6.42 Å². The zero-order chi connectivity index (χ0) is 10.3. The van der Waals surface area contributed by atoms with Crippen LogP contribution in [0.15, 0.2) is 12.2 Å². The van der Waals surface area contributed by atoms with Crippen LogP contribution in [0.3, 0.4) is 0 Å². The summed E-state index contributed by atoms with van der Waals surface area (Å²) in [6.45, 7) is 5.89. The normalized spacial score (nSPS) is 34.9. The maximum absolute atomic E-state index is 9.87. The highest BCUT2D eigenvalue weighted by atomic mass is 16.6. The molecule has 0 radical (unpaired) electrons. The smallest absolute Gasteiger partial charge is 0.339 e. The van der Waals surface area contributed by atoms with Crippen molar-refractivity contribution in [3.63, 3.8) is 0 Å². The Morgan fingerprint density at radius 2 is 2.00 bits per heavy atom. The molecule has 0 amide bonds. The van der Waals surface area contributed by atoms with Crippen LogP contribution in [0.2, 0.25) is 0 Å². The average Bonchev–Trinajstić information content (AvgIpc) is 2.59. The van der Waals surface area contributed by atoms with E-state index in [0.29, 0.717) is 11.8 Å². The number of esters is 1. The monoisotopic (exact) mass is 195 g/mol. The first kappa shape index (κ1) is 9.75. The van der Waals surface area contributed by atoms with Crippen molar-refractivity contribution in [2.75, 3.05) is 0 Å². The molecule has 0 saturated heterocycles. The number of fused-ring (bicyclic) bond motifs is 2. The van der Waals surface area contributed by atoms with Gasteiger partial charge in [0.25, 0.3) is 0 Å². The Balaban J connectivity index is 1.97. The molecule has 2 bridgehead atoms. The summed E-state index contributed by atoms with van der Waals surface area (Å²) >= 11 is 0. The molecular weight excluding hydrogens is 176 g/mol. The van der Waals surface area contributed by atoms with Gasteiger partial charge < -0.3 is 9.53 Å². The fourth-order valence-electron chi connectivity index (χ4n) is 2.45. The molecule has 2 rings (SSSR count). The summed E-state index contributed by atoms with van der Waals surface area (Å²) in [5.41, 5.74) is -0.282. The first-order valence-corrected chi connectivity index (χ1v) is 5.39. The van der Waals surface area contributed by atoms with Crippen LogP contribution >= 0.6 is 0 Å². The quantitative estimate of drug-likeness (QED) is 0.359. The van der Waals surface area contributed by atoms with E-state index in [1.807, 2.05) is 20.8 Å². The van der Waals surface area contributed by atoms with Crippen molar-refractivity contribution in [2.24, 2.45) is 17.8 Å². The second kappa shape index (κ2) is 3.11. The molecule has 0 aliphatic heterocycles. The maximum atomic E-state index is 9.87. The van der Waals surface area contributed by atoms with Gasteiger partial charge in [-0.1, -0.05) is 12.2 Å². The lowest BCUT2D eigenvalue weighted by Gasteiger charge is -2.16. The molecule has 0 aromatic rings. The molecule has 14 heavy (non-hydrogen) atoms. The topological polar surface area (TPSA) is 30.6 Å². The van der Waals surface area contributed by atoms with Gasteiger partial charge in [0, 0.05) is 20.8 Å². The third kappa shape index (κ3) is 1.84. The van der Waals surface area contributed by atoms with Gasteiger partial charge in [0.15, 0.2) is 5.60 Å². The summed E-state index contributed by atoms with van der Waals surface area (Å²) in [6, 6.07) is 0. The molecule has 2 heteroatoms. The molecule has 1 fully saturated rings. The van der Waals surface area contributed by atoms with E-state index in [1.165, 1.54) is 6.42 Å². The summed E-state index contributed by atoms with van der Waals surface area (Å²) in [7, 11) is 0. The molecule has 3 unspecified atom stereocenters. The second-order valence-corrected chi connectivity index (χ2v) is 5.44. The molecule has 2 aliphatic carbocycles. The van der Waals surface area contributed by atoms with Crippen molar-refractivity contribution >= 4 is 5.97 Å². The van der Waals surface area contributed by atoms with Gasteiger partial charge in [-0.2, -0.15) is 0 Å². The van der Waals surface area contributed by atoms with Crippen molar-refractivity contribution in [3.8, 4) is 0 Å². The first-order chi connectivity index (χ1) is 6.46. The Kier molecular flexibility index (Phi) is 2.17. The lowest BCUT2D eigenvalue weighted by atomic mass is 9.93. The van der Waals surface area contributed by atoms with E-state index in [9.17, 15) is 4.79 Å². The average molecular weight is 195 g/mol. The minimum Gasteiger partial charge on any atom is -0.339 e. The molecule has 0 spiro atoms. The van der Waals surface area contributed by atoms with Gasteiger partial charge in [0.2, 0.25) is 0 Å². The van der Waals surface area contributed by atoms with E-state index < -0.39 is 0 Å². The molecule has 3 atom stereocenters. The predicted molar refractivity (Wildman–Crippen MR) is 56.6 cm³/mol. The summed E-state index contributed by atoms with van der Waals surface area (Å²) in [6.07, 6.45) is 6.75. The van der Waals surface area contributed by atoms with Crippen LogP contribution < -0.4 is 0 Å². The van der Waals surface area contributed by atoms with Crippen molar-refractivity contribution in [3.05, 3.63) is 12.2 Å². The summed E-state index contributed by atoms with van der Waals surface area (Å²) in [4.78, 5) is 9.87. The minimum atomic E-state index is -0.282. The Bertz CT molecular complexity index is 273. The summed E-state index contributed by atoms with van der Waals surface area (Å²) in [5.74, 6) is 1.68. The van der Waals surface area contributed by atoms with Crippen LogP contribution in [0.25, 0.3) is 0 Å². The molecule has 0 heterocycles. The van der Waals surface area contributed by atoms with Crippen LogP contribution in [0.5, 0.6) is 0 Å². The van der Waals surface area contributed by atoms with E-state index in [4.69, 9.17) is 4.74 Å². The van der Waals surface area contributed by atoms with E-state index in [2.05, 4.69) is 12.2 Å². The first-order valence-electron chi connectivity index (χ1n) is 5.39. The highest BCUT2D eigenvalue weighted by molar-refractivity contribution is 5.75. The van der Waals surface area contributed by atoms with Gasteiger partial charge in [-0.05, 0) is 24.7 Å². The Hall–Kier alpha value is -0.790. The third-order valence-electron chi connectivity index (χ3n) is 3.01. The molecule has 1 N–H and O–H groups in total. The van der Waals surface area contributed by atoms with Gasteiger partial charge in [0.05, 0.1) is 0 Å². The molecule has 2 aliphatic rings. The number of ether oxygens (including phenoxy) is 1. The van der Waals surface area contributed by atoms with Crippen molar-refractivity contribution in [2.45, 2.75) is 39.2 Å². The number of carbonyl (C=O) groups excluding carboxylic acids is 1. The Labute approximate surface area is 85.3 Å². The number of hydrogen-bond donors (Lipinski definition) is 0. The van der Waals surface area contributed by atoms with Gasteiger partial charge in [-0.25, -0.2) is 0 Å². The van der Waals surface area contributed by atoms with Crippen LogP contribution in [0, 0.1) is 17.8 Å². The zero-order valence-corrected chi connectivity index (χ0v) is 9.16. The summed E-state index contributed by atoms with van der Waals surface area (Å²) in [5, 5.41) is 0.